The Balaban J connectivity index is 1.64. The minimum absolute atomic E-state index is 0.173. The summed E-state index contributed by atoms with van der Waals surface area (Å²) in [6.07, 6.45) is 3.55. The van der Waals surface area contributed by atoms with Crippen molar-refractivity contribution in [3.8, 4) is 0 Å². The lowest BCUT2D eigenvalue weighted by Gasteiger charge is -2.39. The van der Waals surface area contributed by atoms with Crippen molar-refractivity contribution in [3.05, 3.63) is 35.4 Å². The van der Waals surface area contributed by atoms with Gasteiger partial charge in [0.2, 0.25) is 0 Å². The van der Waals surface area contributed by atoms with Gasteiger partial charge in [-0.3, -0.25) is 0 Å². The van der Waals surface area contributed by atoms with Gasteiger partial charge in [0.15, 0.2) is 0 Å². The van der Waals surface area contributed by atoms with E-state index in [0.717, 1.165) is 13.0 Å². The first-order valence-corrected chi connectivity index (χ1v) is 8.87. The minimum Gasteiger partial charge on any atom is -0.374 e. The summed E-state index contributed by atoms with van der Waals surface area (Å²) in [5, 5.41) is 3.84. The van der Waals surface area contributed by atoms with Crippen molar-refractivity contribution < 1.29 is 4.74 Å². The van der Waals surface area contributed by atoms with Gasteiger partial charge in [-0.1, -0.05) is 24.3 Å². The SMILES string of the molecule is Cc1ccccc1[C@@H](C)NC1CCOC2(CCSC2)C1. The van der Waals surface area contributed by atoms with Gasteiger partial charge in [0.25, 0.3) is 0 Å². The van der Waals surface area contributed by atoms with Gasteiger partial charge in [-0.15, -0.1) is 0 Å². The van der Waals surface area contributed by atoms with Crippen molar-refractivity contribution >= 4 is 11.8 Å². The zero-order valence-corrected chi connectivity index (χ0v) is 13.3. The molecule has 3 rings (SSSR count). The quantitative estimate of drug-likeness (QED) is 0.917. The molecule has 0 aromatic heterocycles. The molecule has 2 fully saturated rings. The second-order valence-corrected chi connectivity index (χ2v) is 7.37. The monoisotopic (exact) mass is 291 g/mol. The van der Waals surface area contributed by atoms with Gasteiger partial charge < -0.3 is 10.1 Å². The molecule has 2 unspecified atom stereocenters. The Bertz CT molecular complexity index is 456. The molecule has 110 valence electrons. The van der Waals surface area contributed by atoms with E-state index in [4.69, 9.17) is 4.74 Å². The second kappa shape index (κ2) is 6.08. The summed E-state index contributed by atoms with van der Waals surface area (Å²) in [6.45, 7) is 5.40. The standard InChI is InChI=1S/C17H25NOS/c1-13-5-3-4-6-16(13)14(2)18-15-7-9-19-17(11-15)8-10-20-12-17/h3-6,14-15,18H,7-12H2,1-2H3/t14-,15?,17?/m1/s1. The fourth-order valence-electron chi connectivity index (χ4n) is 3.55. The molecule has 1 aromatic rings. The molecule has 1 aromatic carbocycles. The van der Waals surface area contributed by atoms with E-state index in [1.165, 1.54) is 35.5 Å². The summed E-state index contributed by atoms with van der Waals surface area (Å²) < 4.78 is 6.11. The summed E-state index contributed by atoms with van der Waals surface area (Å²) in [5.74, 6) is 2.45. The van der Waals surface area contributed by atoms with Gasteiger partial charge in [-0.05, 0) is 50.0 Å². The molecule has 0 amide bonds. The highest BCUT2D eigenvalue weighted by atomic mass is 32.2. The fourth-order valence-corrected chi connectivity index (χ4v) is 4.93. The van der Waals surface area contributed by atoms with Crippen LogP contribution < -0.4 is 5.32 Å². The first-order chi connectivity index (χ1) is 9.69. The number of thioether (sulfide) groups is 1. The van der Waals surface area contributed by atoms with Crippen LogP contribution in [-0.4, -0.2) is 29.8 Å². The molecule has 2 aliphatic rings. The largest absolute Gasteiger partial charge is 0.374 e. The van der Waals surface area contributed by atoms with Crippen LogP contribution in [0, 0.1) is 6.92 Å². The Kier molecular flexibility index (Phi) is 4.39. The van der Waals surface area contributed by atoms with E-state index >= 15 is 0 Å². The summed E-state index contributed by atoms with van der Waals surface area (Å²) in [6, 6.07) is 9.72. The molecule has 2 aliphatic heterocycles. The van der Waals surface area contributed by atoms with Crippen LogP contribution in [0.2, 0.25) is 0 Å². The van der Waals surface area contributed by atoms with E-state index in [0.29, 0.717) is 12.1 Å². The van der Waals surface area contributed by atoms with Crippen molar-refractivity contribution in [2.45, 2.75) is 50.8 Å². The van der Waals surface area contributed by atoms with Crippen LogP contribution in [-0.2, 0) is 4.74 Å². The van der Waals surface area contributed by atoms with E-state index < -0.39 is 0 Å². The number of hydrogen-bond acceptors (Lipinski definition) is 3. The van der Waals surface area contributed by atoms with Gasteiger partial charge in [0.05, 0.1) is 5.60 Å². The molecule has 2 heterocycles. The van der Waals surface area contributed by atoms with E-state index in [2.05, 4.69) is 43.4 Å². The summed E-state index contributed by atoms with van der Waals surface area (Å²) in [5.41, 5.74) is 2.98. The van der Waals surface area contributed by atoms with Gasteiger partial charge in [0.1, 0.15) is 0 Å². The molecule has 1 N–H and O–H groups in total. The lowest BCUT2D eigenvalue weighted by atomic mass is 9.89. The van der Waals surface area contributed by atoms with E-state index in [9.17, 15) is 0 Å². The van der Waals surface area contributed by atoms with Crippen LogP contribution in [0.3, 0.4) is 0 Å². The Morgan fingerprint density at radius 3 is 3.00 bits per heavy atom. The lowest BCUT2D eigenvalue weighted by Crippen LogP contribution is -2.47. The molecule has 3 atom stereocenters. The number of benzene rings is 1. The first kappa shape index (κ1) is 14.4. The minimum atomic E-state index is 0.173. The second-order valence-electron chi connectivity index (χ2n) is 6.27. The molecule has 0 bridgehead atoms. The molecule has 0 radical (unpaired) electrons. The van der Waals surface area contributed by atoms with E-state index in [-0.39, 0.29) is 5.60 Å². The molecule has 2 nitrogen and oxygen atoms in total. The van der Waals surface area contributed by atoms with Crippen molar-refractivity contribution in [2.24, 2.45) is 0 Å². The van der Waals surface area contributed by atoms with Gasteiger partial charge >= 0.3 is 0 Å². The van der Waals surface area contributed by atoms with Crippen molar-refractivity contribution in [1.82, 2.24) is 5.32 Å². The Morgan fingerprint density at radius 2 is 2.25 bits per heavy atom. The number of aryl methyl sites for hydroxylation is 1. The molecule has 3 heteroatoms. The van der Waals surface area contributed by atoms with Crippen LogP contribution in [0.25, 0.3) is 0 Å². The van der Waals surface area contributed by atoms with Crippen LogP contribution in [0.1, 0.15) is 43.4 Å². The molecule has 2 saturated heterocycles. The average molecular weight is 291 g/mol. The average Bonchev–Trinajstić information content (AvgIpc) is 2.87. The Labute approximate surface area is 126 Å². The topological polar surface area (TPSA) is 21.3 Å². The third kappa shape index (κ3) is 3.05. The van der Waals surface area contributed by atoms with Crippen LogP contribution in [0.4, 0.5) is 0 Å². The van der Waals surface area contributed by atoms with Crippen LogP contribution in [0.15, 0.2) is 24.3 Å². The zero-order valence-electron chi connectivity index (χ0n) is 12.5. The zero-order chi connectivity index (χ0) is 14.0. The number of nitrogens with one attached hydrogen (secondary N) is 1. The Morgan fingerprint density at radius 1 is 1.40 bits per heavy atom. The van der Waals surface area contributed by atoms with Gasteiger partial charge in [-0.2, -0.15) is 11.8 Å². The van der Waals surface area contributed by atoms with E-state index in [1.807, 2.05) is 11.8 Å². The summed E-state index contributed by atoms with van der Waals surface area (Å²) in [7, 11) is 0. The van der Waals surface area contributed by atoms with Crippen molar-refractivity contribution in [2.75, 3.05) is 18.1 Å². The van der Waals surface area contributed by atoms with Crippen molar-refractivity contribution in [1.29, 1.82) is 0 Å². The molecular formula is C17H25NOS. The fraction of sp³-hybridized carbons (Fsp3) is 0.647. The van der Waals surface area contributed by atoms with Crippen LogP contribution in [0.5, 0.6) is 0 Å². The van der Waals surface area contributed by atoms with Gasteiger partial charge in [-0.25, -0.2) is 0 Å². The predicted octanol–water partition coefficient (Wildman–Crippen LogP) is 3.70. The predicted molar refractivity (Wildman–Crippen MR) is 86.4 cm³/mol. The van der Waals surface area contributed by atoms with Gasteiger partial charge in [0, 0.05) is 24.4 Å². The normalized spacial score (nSPS) is 31.6. The molecule has 20 heavy (non-hydrogen) atoms. The maximum atomic E-state index is 6.11. The third-order valence-electron chi connectivity index (χ3n) is 4.70. The maximum Gasteiger partial charge on any atom is 0.0795 e. The molecular weight excluding hydrogens is 266 g/mol. The third-order valence-corrected chi connectivity index (χ3v) is 5.92. The highest BCUT2D eigenvalue weighted by Crippen LogP contribution is 2.38. The summed E-state index contributed by atoms with van der Waals surface area (Å²) >= 11 is 2.05. The summed E-state index contributed by atoms with van der Waals surface area (Å²) in [4.78, 5) is 0. The molecule has 0 saturated carbocycles. The number of rotatable bonds is 3. The lowest BCUT2D eigenvalue weighted by molar-refractivity contribution is -0.0711. The van der Waals surface area contributed by atoms with Crippen molar-refractivity contribution in [3.63, 3.8) is 0 Å². The van der Waals surface area contributed by atoms with Crippen LogP contribution >= 0.6 is 11.8 Å². The number of ether oxygens (including phenoxy) is 1. The highest BCUT2D eigenvalue weighted by Gasteiger charge is 2.40. The Hall–Kier alpha value is -0.510. The highest BCUT2D eigenvalue weighted by molar-refractivity contribution is 7.99. The first-order valence-electron chi connectivity index (χ1n) is 7.72. The number of hydrogen-bond donors (Lipinski definition) is 1. The smallest absolute Gasteiger partial charge is 0.0795 e. The maximum absolute atomic E-state index is 6.11. The molecule has 1 spiro atoms. The molecule has 0 aliphatic carbocycles. The van der Waals surface area contributed by atoms with E-state index in [1.54, 1.807) is 0 Å².